The van der Waals surface area contributed by atoms with Gasteiger partial charge in [-0.15, -0.1) is 0 Å². The predicted octanol–water partition coefficient (Wildman–Crippen LogP) is 1.18. The fraction of sp³-hybridized carbons (Fsp3) is 0.800. The van der Waals surface area contributed by atoms with Crippen molar-refractivity contribution in [3.63, 3.8) is 0 Å². The Morgan fingerprint density at radius 2 is 2.07 bits per heavy atom. The summed E-state index contributed by atoms with van der Waals surface area (Å²) in [6, 6.07) is -0.145. The molecule has 0 saturated carbocycles. The summed E-state index contributed by atoms with van der Waals surface area (Å²) >= 11 is 0. The van der Waals surface area contributed by atoms with Crippen molar-refractivity contribution in [2.75, 3.05) is 14.1 Å². The number of hydrogen-bond acceptors (Lipinski definition) is 5. The van der Waals surface area contributed by atoms with Crippen LogP contribution in [0.5, 0.6) is 0 Å². The van der Waals surface area contributed by atoms with Gasteiger partial charge in [0.05, 0.1) is 12.6 Å². The van der Waals surface area contributed by atoms with E-state index in [9.17, 15) is 0 Å². The zero-order valence-corrected chi connectivity index (χ0v) is 9.90. The molecule has 15 heavy (non-hydrogen) atoms. The molecular formula is C10H20N4O. The van der Waals surface area contributed by atoms with Crippen molar-refractivity contribution in [2.45, 2.75) is 32.9 Å². The van der Waals surface area contributed by atoms with E-state index in [1.54, 1.807) is 0 Å². The Balaban J connectivity index is 2.58. The van der Waals surface area contributed by atoms with Crippen molar-refractivity contribution in [3.8, 4) is 0 Å². The molecule has 2 N–H and O–H groups in total. The molecule has 0 aliphatic rings. The van der Waals surface area contributed by atoms with Crippen LogP contribution in [0.4, 0.5) is 0 Å². The molecule has 1 unspecified atom stereocenters. The van der Waals surface area contributed by atoms with Gasteiger partial charge >= 0.3 is 0 Å². The maximum absolute atomic E-state index is 5.93. The second kappa shape index (κ2) is 5.23. The Morgan fingerprint density at radius 1 is 1.40 bits per heavy atom. The van der Waals surface area contributed by atoms with Crippen molar-refractivity contribution in [2.24, 2.45) is 11.7 Å². The van der Waals surface area contributed by atoms with E-state index in [1.807, 2.05) is 19.0 Å². The van der Waals surface area contributed by atoms with Gasteiger partial charge in [0.2, 0.25) is 5.89 Å². The van der Waals surface area contributed by atoms with E-state index in [0.717, 1.165) is 6.42 Å². The van der Waals surface area contributed by atoms with Crippen LogP contribution in [0.25, 0.3) is 0 Å². The van der Waals surface area contributed by atoms with Crippen LogP contribution in [0.15, 0.2) is 4.52 Å². The van der Waals surface area contributed by atoms with E-state index in [-0.39, 0.29) is 6.04 Å². The molecule has 0 aromatic carbocycles. The van der Waals surface area contributed by atoms with E-state index < -0.39 is 0 Å². The van der Waals surface area contributed by atoms with Crippen LogP contribution < -0.4 is 5.73 Å². The smallest absolute Gasteiger partial charge is 0.243 e. The summed E-state index contributed by atoms with van der Waals surface area (Å²) in [7, 11) is 3.92. The molecule has 0 fully saturated rings. The van der Waals surface area contributed by atoms with Crippen molar-refractivity contribution in [1.82, 2.24) is 15.0 Å². The molecule has 0 spiro atoms. The van der Waals surface area contributed by atoms with Gasteiger partial charge in [-0.05, 0) is 26.4 Å². The molecule has 1 atom stereocenters. The van der Waals surface area contributed by atoms with Crippen molar-refractivity contribution in [1.29, 1.82) is 0 Å². The fourth-order valence-electron chi connectivity index (χ4n) is 1.37. The van der Waals surface area contributed by atoms with Crippen molar-refractivity contribution in [3.05, 3.63) is 11.7 Å². The minimum atomic E-state index is -0.145. The molecule has 5 nitrogen and oxygen atoms in total. The van der Waals surface area contributed by atoms with Crippen LogP contribution >= 0.6 is 0 Å². The summed E-state index contributed by atoms with van der Waals surface area (Å²) in [4.78, 5) is 6.25. The quantitative estimate of drug-likeness (QED) is 0.793. The van der Waals surface area contributed by atoms with E-state index in [4.69, 9.17) is 10.3 Å². The monoisotopic (exact) mass is 212 g/mol. The Labute approximate surface area is 90.6 Å². The highest BCUT2D eigenvalue weighted by Gasteiger charge is 2.16. The highest BCUT2D eigenvalue weighted by Crippen LogP contribution is 2.16. The Morgan fingerprint density at radius 3 is 2.60 bits per heavy atom. The minimum absolute atomic E-state index is 0.145. The molecule has 5 heteroatoms. The molecule has 1 rings (SSSR count). The molecule has 0 amide bonds. The van der Waals surface area contributed by atoms with E-state index in [1.165, 1.54) is 0 Å². The van der Waals surface area contributed by atoms with Gasteiger partial charge in [-0.1, -0.05) is 19.0 Å². The Hall–Kier alpha value is -0.940. The van der Waals surface area contributed by atoms with Crippen LogP contribution in [0.1, 0.15) is 38.0 Å². The molecule has 0 aliphatic carbocycles. The molecule has 1 heterocycles. The van der Waals surface area contributed by atoms with Crippen LogP contribution in [0.3, 0.4) is 0 Å². The lowest BCUT2D eigenvalue weighted by molar-refractivity contribution is 0.324. The first-order chi connectivity index (χ1) is 6.99. The lowest BCUT2D eigenvalue weighted by Gasteiger charge is -2.08. The second-order valence-electron chi connectivity index (χ2n) is 4.52. The highest BCUT2D eigenvalue weighted by molar-refractivity contribution is 4.91. The van der Waals surface area contributed by atoms with Gasteiger partial charge in [0.25, 0.3) is 0 Å². The second-order valence-corrected chi connectivity index (χ2v) is 4.52. The minimum Gasteiger partial charge on any atom is -0.338 e. The SMILES string of the molecule is CC(C)CC(N)c1nc(CN(C)C)no1. The van der Waals surface area contributed by atoms with Crippen molar-refractivity contribution < 1.29 is 4.52 Å². The normalized spacial score (nSPS) is 13.8. The van der Waals surface area contributed by atoms with Gasteiger partial charge < -0.3 is 15.2 Å². The van der Waals surface area contributed by atoms with E-state index in [2.05, 4.69) is 24.0 Å². The summed E-state index contributed by atoms with van der Waals surface area (Å²) in [6.45, 7) is 4.92. The van der Waals surface area contributed by atoms with E-state index >= 15 is 0 Å². The Kier molecular flexibility index (Phi) is 4.23. The highest BCUT2D eigenvalue weighted by atomic mass is 16.5. The maximum Gasteiger partial charge on any atom is 0.243 e. The van der Waals surface area contributed by atoms with Gasteiger partial charge in [0.1, 0.15) is 0 Å². The average Bonchev–Trinajstić information content (AvgIpc) is 2.50. The number of nitrogens with zero attached hydrogens (tertiary/aromatic N) is 3. The zero-order chi connectivity index (χ0) is 11.4. The molecule has 86 valence electrons. The lowest BCUT2D eigenvalue weighted by atomic mass is 10.0. The summed E-state index contributed by atoms with van der Waals surface area (Å²) in [5.74, 6) is 1.76. The van der Waals surface area contributed by atoms with Gasteiger partial charge in [0, 0.05) is 0 Å². The fourth-order valence-corrected chi connectivity index (χ4v) is 1.37. The van der Waals surface area contributed by atoms with Gasteiger partial charge in [-0.3, -0.25) is 0 Å². The molecule has 1 aromatic rings. The number of rotatable bonds is 5. The maximum atomic E-state index is 5.93. The Bertz CT molecular complexity index is 295. The topological polar surface area (TPSA) is 68.2 Å². The van der Waals surface area contributed by atoms with E-state index in [0.29, 0.717) is 24.2 Å². The first-order valence-corrected chi connectivity index (χ1v) is 5.21. The summed E-state index contributed by atoms with van der Waals surface area (Å²) < 4.78 is 5.12. The standard InChI is InChI=1S/C10H20N4O/c1-7(2)5-8(11)10-12-9(13-15-10)6-14(3)4/h7-8H,5-6,11H2,1-4H3. The average molecular weight is 212 g/mol. The number of nitrogens with two attached hydrogens (primary N) is 1. The zero-order valence-electron chi connectivity index (χ0n) is 9.90. The third-order valence-corrected chi connectivity index (χ3v) is 1.98. The molecule has 0 saturated heterocycles. The first kappa shape index (κ1) is 12.1. The number of aromatic nitrogens is 2. The largest absolute Gasteiger partial charge is 0.338 e. The van der Waals surface area contributed by atoms with Crippen LogP contribution in [-0.2, 0) is 6.54 Å². The van der Waals surface area contributed by atoms with Gasteiger partial charge in [0.15, 0.2) is 5.82 Å². The van der Waals surface area contributed by atoms with Crippen LogP contribution in [-0.4, -0.2) is 29.1 Å². The molecule has 0 radical (unpaired) electrons. The van der Waals surface area contributed by atoms with Crippen molar-refractivity contribution >= 4 is 0 Å². The van der Waals surface area contributed by atoms with Crippen LogP contribution in [0, 0.1) is 5.92 Å². The number of hydrogen-bond donors (Lipinski definition) is 1. The lowest BCUT2D eigenvalue weighted by Crippen LogP contribution is -2.14. The third kappa shape index (κ3) is 3.97. The summed E-state index contributed by atoms with van der Waals surface area (Å²) in [6.07, 6.45) is 0.865. The van der Waals surface area contributed by atoms with Crippen LogP contribution in [0.2, 0.25) is 0 Å². The predicted molar refractivity (Wildman–Crippen MR) is 58.1 cm³/mol. The first-order valence-electron chi connectivity index (χ1n) is 5.21. The molecule has 0 aliphatic heterocycles. The molecule has 0 bridgehead atoms. The van der Waals surface area contributed by atoms with Gasteiger partial charge in [-0.2, -0.15) is 4.98 Å². The summed E-state index contributed by atoms with van der Waals surface area (Å²) in [5, 5.41) is 3.88. The molecular weight excluding hydrogens is 192 g/mol. The summed E-state index contributed by atoms with van der Waals surface area (Å²) in [5.41, 5.74) is 5.93. The third-order valence-electron chi connectivity index (χ3n) is 1.98. The van der Waals surface area contributed by atoms with Gasteiger partial charge in [-0.25, -0.2) is 0 Å². The molecule has 1 aromatic heterocycles.